The fraction of sp³-hybridized carbons (Fsp3) is 0.875. The Hall–Kier alpha value is -1.64. The molecular formula is C32H60N8. The van der Waals surface area contributed by atoms with Crippen LogP contribution in [0.3, 0.4) is 0 Å². The number of unbranched alkanes of at least 4 members (excludes halogenated alkanes) is 3. The van der Waals surface area contributed by atoms with Crippen LogP contribution in [0.15, 0.2) is 6.07 Å². The van der Waals surface area contributed by atoms with E-state index in [-0.39, 0.29) is 0 Å². The summed E-state index contributed by atoms with van der Waals surface area (Å²) >= 11 is 0. The highest BCUT2D eigenvalue weighted by Gasteiger charge is 2.22. The van der Waals surface area contributed by atoms with Crippen LogP contribution in [-0.2, 0) is 0 Å². The second-order valence-electron chi connectivity index (χ2n) is 12.9. The normalized spacial score (nSPS) is 23.0. The van der Waals surface area contributed by atoms with Gasteiger partial charge in [-0.25, -0.2) is 0 Å². The van der Waals surface area contributed by atoms with Crippen LogP contribution in [0.5, 0.6) is 0 Å². The van der Waals surface area contributed by atoms with Gasteiger partial charge in [-0.05, 0) is 102 Å². The van der Waals surface area contributed by atoms with Gasteiger partial charge in [0.25, 0.3) is 0 Å². The number of piperazine rings is 1. The van der Waals surface area contributed by atoms with Gasteiger partial charge in [0.05, 0.1) is 0 Å². The lowest BCUT2D eigenvalue weighted by Gasteiger charge is -2.35. The number of anilines is 3. The van der Waals surface area contributed by atoms with Crippen molar-refractivity contribution in [3.63, 3.8) is 0 Å². The Morgan fingerprint density at radius 2 is 1.40 bits per heavy atom. The Morgan fingerprint density at radius 3 is 2.08 bits per heavy atom. The molecule has 0 unspecified atom stereocenters. The number of hydrogen-bond donors (Lipinski definition) is 4. The first-order valence-corrected chi connectivity index (χ1v) is 17.0. The van der Waals surface area contributed by atoms with Crippen molar-refractivity contribution < 1.29 is 0 Å². The van der Waals surface area contributed by atoms with E-state index >= 15 is 0 Å². The third-order valence-corrected chi connectivity index (χ3v) is 9.57. The predicted molar refractivity (Wildman–Crippen MR) is 170 cm³/mol. The Bertz CT molecular complexity index is 798. The lowest BCUT2D eigenvalue weighted by molar-refractivity contribution is 0.251. The molecule has 0 bridgehead atoms. The number of nitrogens with two attached hydrogens (primary N) is 1. The third-order valence-electron chi connectivity index (χ3n) is 9.57. The molecule has 4 rings (SSSR count). The molecule has 1 aromatic rings. The van der Waals surface area contributed by atoms with Crippen LogP contribution >= 0.6 is 0 Å². The molecule has 8 heteroatoms. The van der Waals surface area contributed by atoms with Crippen molar-refractivity contribution in [1.82, 2.24) is 25.5 Å². The molecule has 1 aromatic heterocycles. The molecule has 1 aliphatic heterocycles. The summed E-state index contributed by atoms with van der Waals surface area (Å²) in [7, 11) is 0. The average molecular weight is 557 g/mol. The van der Waals surface area contributed by atoms with E-state index in [9.17, 15) is 0 Å². The molecule has 0 atom stereocenters. The molecule has 0 radical (unpaired) electrons. The van der Waals surface area contributed by atoms with E-state index in [0.717, 1.165) is 63.5 Å². The number of nitrogen functional groups attached to an aromatic ring is 1. The highest BCUT2D eigenvalue weighted by atomic mass is 15.3. The van der Waals surface area contributed by atoms with Gasteiger partial charge in [-0.2, -0.15) is 9.97 Å². The Kier molecular flexibility index (Phi) is 14.1. The van der Waals surface area contributed by atoms with E-state index < -0.39 is 0 Å². The minimum atomic E-state index is 0.563. The van der Waals surface area contributed by atoms with Crippen LogP contribution in [0, 0.1) is 17.8 Å². The fourth-order valence-electron chi connectivity index (χ4n) is 6.87. The minimum absolute atomic E-state index is 0.563. The number of nitrogens with one attached hydrogen (secondary N) is 3. The summed E-state index contributed by atoms with van der Waals surface area (Å²) in [6.45, 7) is 13.4. The maximum atomic E-state index is 6.19. The first kappa shape index (κ1) is 31.3. The van der Waals surface area contributed by atoms with E-state index in [1.54, 1.807) is 0 Å². The summed E-state index contributed by atoms with van der Waals surface area (Å²) in [4.78, 5) is 14.3. The topological polar surface area (TPSA) is 94.4 Å². The van der Waals surface area contributed by atoms with Crippen LogP contribution in [0.25, 0.3) is 0 Å². The molecule has 3 fully saturated rings. The number of hydrogen-bond acceptors (Lipinski definition) is 8. The standard InChI is InChI=1S/C32H60N8/c1-2-3-4-8-18-39-19-21-40(22-20-39)31-23-30(33)37-32(38-31)36-26-29-14-12-28(13-15-29)25-35-17-9-16-34-24-27-10-6-5-7-11-27/h23,27-29,34-35H,2-22,24-26H2,1H3,(H3,33,36,37,38). The molecule has 5 N–H and O–H groups in total. The lowest BCUT2D eigenvalue weighted by atomic mass is 9.82. The largest absolute Gasteiger partial charge is 0.383 e. The van der Waals surface area contributed by atoms with Gasteiger partial charge in [0, 0.05) is 38.8 Å². The predicted octanol–water partition coefficient (Wildman–Crippen LogP) is 5.13. The van der Waals surface area contributed by atoms with E-state index in [2.05, 4.69) is 37.7 Å². The van der Waals surface area contributed by atoms with Crippen LogP contribution in [0.4, 0.5) is 17.6 Å². The molecule has 0 spiro atoms. The molecule has 228 valence electrons. The fourth-order valence-corrected chi connectivity index (χ4v) is 6.87. The smallest absolute Gasteiger partial charge is 0.226 e. The third kappa shape index (κ3) is 11.3. The summed E-state index contributed by atoms with van der Waals surface area (Å²) in [6.07, 6.45) is 19.0. The van der Waals surface area contributed by atoms with Gasteiger partial charge in [-0.1, -0.05) is 45.4 Å². The first-order valence-electron chi connectivity index (χ1n) is 17.0. The van der Waals surface area contributed by atoms with Crippen molar-refractivity contribution >= 4 is 17.6 Å². The van der Waals surface area contributed by atoms with Crippen molar-refractivity contribution in [2.24, 2.45) is 17.8 Å². The van der Waals surface area contributed by atoms with Crippen LogP contribution < -0.4 is 26.6 Å². The summed E-state index contributed by atoms with van der Waals surface area (Å²) < 4.78 is 0. The van der Waals surface area contributed by atoms with Crippen molar-refractivity contribution in [3.05, 3.63) is 6.07 Å². The highest BCUT2D eigenvalue weighted by Crippen LogP contribution is 2.29. The molecule has 40 heavy (non-hydrogen) atoms. The summed E-state index contributed by atoms with van der Waals surface area (Å²) in [6, 6.07) is 1.94. The monoisotopic (exact) mass is 556 g/mol. The molecule has 0 amide bonds. The maximum Gasteiger partial charge on any atom is 0.226 e. The van der Waals surface area contributed by atoms with Crippen molar-refractivity contribution in [3.8, 4) is 0 Å². The SMILES string of the molecule is CCCCCCN1CCN(c2cc(N)nc(NCC3CCC(CNCCCNCC4CCCCC4)CC3)n2)CC1. The second kappa shape index (κ2) is 18.0. The molecule has 2 heterocycles. The molecule has 3 aliphatic rings. The van der Waals surface area contributed by atoms with Gasteiger partial charge >= 0.3 is 0 Å². The highest BCUT2D eigenvalue weighted by molar-refractivity contribution is 5.51. The molecule has 1 saturated heterocycles. The summed E-state index contributed by atoms with van der Waals surface area (Å²) in [5, 5.41) is 11.0. The molecule has 8 nitrogen and oxygen atoms in total. The molecular weight excluding hydrogens is 496 g/mol. The van der Waals surface area contributed by atoms with Gasteiger partial charge in [0.15, 0.2) is 0 Å². The molecule has 0 aromatic carbocycles. The van der Waals surface area contributed by atoms with E-state index in [4.69, 9.17) is 10.7 Å². The quantitative estimate of drug-likeness (QED) is 0.196. The van der Waals surface area contributed by atoms with E-state index in [0.29, 0.717) is 17.7 Å². The van der Waals surface area contributed by atoms with Gasteiger partial charge in [-0.3, -0.25) is 4.90 Å². The summed E-state index contributed by atoms with van der Waals surface area (Å²) in [5.74, 6) is 4.69. The lowest BCUT2D eigenvalue weighted by Crippen LogP contribution is -2.47. The second-order valence-corrected chi connectivity index (χ2v) is 12.9. The van der Waals surface area contributed by atoms with Crippen LogP contribution in [0.1, 0.15) is 96.8 Å². The number of aromatic nitrogens is 2. The van der Waals surface area contributed by atoms with E-state index in [1.807, 2.05) is 6.07 Å². The zero-order valence-electron chi connectivity index (χ0n) is 25.6. The Labute approximate surface area is 245 Å². The van der Waals surface area contributed by atoms with Gasteiger partial charge in [0.1, 0.15) is 11.6 Å². The molecule has 2 aliphatic carbocycles. The summed E-state index contributed by atoms with van der Waals surface area (Å²) in [5.41, 5.74) is 6.19. The zero-order valence-corrected chi connectivity index (χ0v) is 25.6. The Balaban J connectivity index is 1.06. The maximum absolute atomic E-state index is 6.19. The number of nitrogens with zero attached hydrogens (tertiary/aromatic N) is 4. The first-order chi connectivity index (χ1) is 19.7. The average Bonchev–Trinajstić information content (AvgIpc) is 2.99. The van der Waals surface area contributed by atoms with Gasteiger partial charge in [-0.15, -0.1) is 0 Å². The zero-order chi connectivity index (χ0) is 27.8. The minimum Gasteiger partial charge on any atom is -0.383 e. The Morgan fingerprint density at radius 1 is 0.750 bits per heavy atom. The van der Waals surface area contributed by atoms with Crippen molar-refractivity contribution in [2.75, 3.05) is 81.4 Å². The van der Waals surface area contributed by atoms with Crippen molar-refractivity contribution in [1.29, 1.82) is 0 Å². The van der Waals surface area contributed by atoms with E-state index in [1.165, 1.54) is 110 Å². The molecule has 2 saturated carbocycles. The van der Waals surface area contributed by atoms with Crippen LogP contribution in [0.2, 0.25) is 0 Å². The van der Waals surface area contributed by atoms with Gasteiger partial charge < -0.3 is 26.6 Å². The van der Waals surface area contributed by atoms with Gasteiger partial charge in [0.2, 0.25) is 5.95 Å². The van der Waals surface area contributed by atoms with Crippen molar-refractivity contribution in [2.45, 2.75) is 96.8 Å². The van der Waals surface area contributed by atoms with Crippen LogP contribution in [-0.4, -0.2) is 80.3 Å². The number of rotatable bonds is 17.